The van der Waals surface area contributed by atoms with Crippen LogP contribution in [-0.2, 0) is 23.8 Å². The fraction of sp³-hybridized carbons (Fsp3) is 0.700. The molecule has 0 unspecified atom stereocenters. The van der Waals surface area contributed by atoms with Crippen LogP contribution >= 0.6 is 0 Å². The third kappa shape index (κ3) is 2.38. The maximum Gasteiger partial charge on any atom is 0.334 e. The van der Waals surface area contributed by atoms with Crippen molar-refractivity contribution in [3.63, 3.8) is 0 Å². The summed E-state index contributed by atoms with van der Waals surface area (Å²) in [6.45, 7) is 12.2. The molecule has 7 atom stereocenters. The quantitative estimate of drug-likeness (QED) is 0.357. The molecular weight excluding hydrogens is 336 g/mol. The van der Waals surface area contributed by atoms with Crippen molar-refractivity contribution in [3.05, 3.63) is 24.3 Å². The first-order valence-electron chi connectivity index (χ1n) is 9.37. The number of ether oxygens (including phenoxy) is 3. The van der Waals surface area contributed by atoms with E-state index < -0.39 is 23.3 Å². The van der Waals surface area contributed by atoms with Crippen LogP contribution in [0.2, 0.25) is 0 Å². The van der Waals surface area contributed by atoms with Crippen LogP contribution in [0.4, 0.5) is 0 Å². The van der Waals surface area contributed by atoms with E-state index in [0.29, 0.717) is 43.4 Å². The smallest absolute Gasteiger partial charge is 0.334 e. The summed E-state index contributed by atoms with van der Waals surface area (Å²) in [4.78, 5) is 24.2. The molecule has 4 aliphatic rings. The molecule has 6 nitrogen and oxygen atoms in total. The van der Waals surface area contributed by atoms with Gasteiger partial charge >= 0.3 is 11.9 Å². The summed E-state index contributed by atoms with van der Waals surface area (Å²) < 4.78 is 16.9. The minimum absolute atomic E-state index is 0.195. The normalized spacial score (nSPS) is 45.0. The standard InChI is InChI=1S/C20H26O6/c1-5-10(2)17(21)25-14-6-16-19(9-24-19)8-15-13(11(3)18(22)26-15)7-20(16,23)12(14)4/h10,13-16,23H,3-9H2,1-2H3/t10-,13-,14-,15+,16+,19+,20-/m1/s1. The van der Waals surface area contributed by atoms with E-state index in [0.717, 1.165) is 0 Å². The molecule has 2 saturated carbocycles. The van der Waals surface area contributed by atoms with Crippen molar-refractivity contribution in [2.24, 2.45) is 17.8 Å². The molecular formula is C20H26O6. The van der Waals surface area contributed by atoms with E-state index in [1.807, 2.05) is 13.8 Å². The molecule has 2 heterocycles. The molecule has 4 fully saturated rings. The molecule has 142 valence electrons. The van der Waals surface area contributed by atoms with E-state index in [1.165, 1.54) is 0 Å². The molecule has 26 heavy (non-hydrogen) atoms. The Bertz CT molecular complexity index is 692. The lowest BCUT2D eigenvalue weighted by molar-refractivity contribution is -0.152. The second kappa shape index (κ2) is 5.67. The highest BCUT2D eigenvalue weighted by atomic mass is 16.6. The van der Waals surface area contributed by atoms with Crippen molar-refractivity contribution < 1.29 is 28.9 Å². The minimum Gasteiger partial charge on any atom is -0.458 e. The molecule has 1 spiro atoms. The van der Waals surface area contributed by atoms with Crippen LogP contribution in [0.25, 0.3) is 0 Å². The van der Waals surface area contributed by atoms with Gasteiger partial charge < -0.3 is 19.3 Å². The van der Waals surface area contributed by atoms with Gasteiger partial charge in [0.05, 0.1) is 18.1 Å². The number of epoxide rings is 1. The van der Waals surface area contributed by atoms with E-state index in [4.69, 9.17) is 14.2 Å². The molecule has 0 bridgehead atoms. The van der Waals surface area contributed by atoms with E-state index in [1.54, 1.807) is 0 Å². The summed E-state index contributed by atoms with van der Waals surface area (Å²) in [5, 5.41) is 11.6. The van der Waals surface area contributed by atoms with E-state index in [9.17, 15) is 14.7 Å². The third-order valence-corrected chi connectivity index (χ3v) is 6.89. The van der Waals surface area contributed by atoms with Crippen molar-refractivity contribution >= 4 is 11.9 Å². The maximum absolute atomic E-state index is 12.3. The van der Waals surface area contributed by atoms with Crippen LogP contribution < -0.4 is 0 Å². The Balaban J connectivity index is 1.63. The topological polar surface area (TPSA) is 85.4 Å². The summed E-state index contributed by atoms with van der Waals surface area (Å²) >= 11 is 0. The van der Waals surface area contributed by atoms with Crippen LogP contribution in [0.5, 0.6) is 0 Å². The summed E-state index contributed by atoms with van der Waals surface area (Å²) in [7, 11) is 0. The van der Waals surface area contributed by atoms with Gasteiger partial charge in [-0.1, -0.05) is 27.0 Å². The largest absolute Gasteiger partial charge is 0.458 e. The van der Waals surface area contributed by atoms with Crippen LogP contribution in [0, 0.1) is 17.8 Å². The number of esters is 2. The van der Waals surface area contributed by atoms with Gasteiger partial charge in [0.2, 0.25) is 0 Å². The van der Waals surface area contributed by atoms with Crippen LogP contribution in [-0.4, -0.2) is 47.1 Å². The number of carbonyl (C=O) groups excluding carboxylic acids is 2. The number of aliphatic hydroxyl groups is 1. The van der Waals surface area contributed by atoms with Gasteiger partial charge in [-0.25, -0.2) is 4.79 Å². The highest BCUT2D eigenvalue weighted by Gasteiger charge is 2.69. The van der Waals surface area contributed by atoms with Gasteiger partial charge in [-0.3, -0.25) is 4.79 Å². The Kier molecular flexibility index (Phi) is 3.87. The number of hydrogen-bond acceptors (Lipinski definition) is 6. The molecule has 6 heteroatoms. The highest BCUT2D eigenvalue weighted by Crippen LogP contribution is 2.60. The van der Waals surface area contributed by atoms with Crippen molar-refractivity contribution in [1.82, 2.24) is 0 Å². The molecule has 0 aromatic heterocycles. The Morgan fingerprint density at radius 2 is 2.12 bits per heavy atom. The summed E-state index contributed by atoms with van der Waals surface area (Å²) in [6.07, 6.45) is 1.17. The Labute approximate surface area is 153 Å². The van der Waals surface area contributed by atoms with E-state index in [-0.39, 0.29) is 29.8 Å². The third-order valence-electron chi connectivity index (χ3n) is 6.89. The zero-order valence-electron chi connectivity index (χ0n) is 15.3. The van der Waals surface area contributed by atoms with Gasteiger partial charge in [-0.05, 0) is 24.8 Å². The number of fused-ring (bicyclic) bond motifs is 3. The first kappa shape index (κ1) is 17.7. The molecule has 0 amide bonds. The second-order valence-corrected chi connectivity index (χ2v) is 8.31. The zero-order valence-corrected chi connectivity index (χ0v) is 15.3. The first-order valence-corrected chi connectivity index (χ1v) is 9.37. The summed E-state index contributed by atoms with van der Waals surface area (Å²) in [5.74, 6) is -1.36. The molecule has 0 aromatic rings. The van der Waals surface area contributed by atoms with Gasteiger partial charge in [0.15, 0.2) is 0 Å². The van der Waals surface area contributed by atoms with Crippen molar-refractivity contribution in [2.45, 2.75) is 62.9 Å². The summed E-state index contributed by atoms with van der Waals surface area (Å²) in [5.41, 5.74) is -0.901. The summed E-state index contributed by atoms with van der Waals surface area (Å²) in [6, 6.07) is 0. The SMILES string of the molecule is C=C1C(=O)O[C@H]2C[C@]3(CO3)[C@@H]3C[C@@H](OC(=O)[C@H](C)CC)C(=C)[C@]3(O)C[C@H]12. The maximum atomic E-state index is 12.3. The Hall–Kier alpha value is -1.66. The van der Waals surface area contributed by atoms with Gasteiger partial charge in [0.25, 0.3) is 0 Å². The minimum atomic E-state index is -1.26. The van der Waals surface area contributed by atoms with Gasteiger partial charge in [-0.2, -0.15) is 0 Å². The van der Waals surface area contributed by atoms with Gasteiger partial charge in [-0.15, -0.1) is 0 Å². The highest BCUT2D eigenvalue weighted by molar-refractivity contribution is 5.91. The average molecular weight is 362 g/mol. The molecule has 0 radical (unpaired) electrons. The molecule has 2 aliphatic carbocycles. The number of hydrogen-bond donors (Lipinski definition) is 1. The lowest BCUT2D eigenvalue weighted by Crippen LogP contribution is -2.42. The fourth-order valence-electron chi connectivity index (χ4n) is 4.86. The van der Waals surface area contributed by atoms with Gasteiger partial charge in [0.1, 0.15) is 17.8 Å². The predicted octanol–water partition coefficient (Wildman–Crippen LogP) is 1.91. The average Bonchev–Trinajstić information content (AvgIpc) is 3.30. The molecule has 0 aromatic carbocycles. The zero-order chi connectivity index (χ0) is 18.9. The number of carbonyl (C=O) groups is 2. The second-order valence-electron chi connectivity index (χ2n) is 8.31. The van der Waals surface area contributed by atoms with Crippen LogP contribution in [0.1, 0.15) is 39.5 Å². The molecule has 2 saturated heterocycles. The monoisotopic (exact) mass is 362 g/mol. The lowest BCUT2D eigenvalue weighted by Gasteiger charge is -2.33. The van der Waals surface area contributed by atoms with Crippen LogP contribution in [0.15, 0.2) is 24.3 Å². The fourth-order valence-corrected chi connectivity index (χ4v) is 4.86. The predicted molar refractivity (Wildman–Crippen MR) is 92.0 cm³/mol. The van der Waals surface area contributed by atoms with Crippen molar-refractivity contribution in [1.29, 1.82) is 0 Å². The molecule has 1 N–H and O–H groups in total. The first-order chi connectivity index (χ1) is 12.2. The van der Waals surface area contributed by atoms with E-state index >= 15 is 0 Å². The Morgan fingerprint density at radius 3 is 2.73 bits per heavy atom. The molecule has 4 rings (SSSR count). The van der Waals surface area contributed by atoms with Crippen LogP contribution in [0.3, 0.4) is 0 Å². The lowest BCUT2D eigenvalue weighted by atomic mass is 9.77. The van der Waals surface area contributed by atoms with Crippen molar-refractivity contribution in [3.8, 4) is 0 Å². The van der Waals surface area contributed by atoms with Gasteiger partial charge in [0, 0.05) is 23.8 Å². The van der Waals surface area contributed by atoms with E-state index in [2.05, 4.69) is 13.2 Å². The number of rotatable bonds is 3. The van der Waals surface area contributed by atoms with Crippen molar-refractivity contribution in [2.75, 3.05) is 6.61 Å². The molecule has 2 aliphatic heterocycles. The Morgan fingerprint density at radius 1 is 1.42 bits per heavy atom.